The minimum Gasteiger partial charge on any atom is -0.323 e. The predicted octanol–water partition coefficient (Wildman–Crippen LogP) is 3.04. The van der Waals surface area contributed by atoms with Crippen LogP contribution in [-0.4, -0.2) is 28.2 Å². The standard InChI is InChI=1S/2C6H6.2C2H7N/c2*1-2-4-6-5-3-1;2*1-3-2/h2*1-6H;2*3H,1-2H3. The monoisotopic (exact) mass is 246 g/mol. The van der Waals surface area contributed by atoms with E-state index in [0.29, 0.717) is 0 Å². The number of hydrogen-bond donors (Lipinski definition) is 2. The second-order valence-electron chi connectivity index (χ2n) is 3.31. The quantitative estimate of drug-likeness (QED) is 0.746. The molecule has 0 saturated carbocycles. The molecule has 0 saturated heterocycles. The first-order valence-corrected chi connectivity index (χ1v) is 6.00. The van der Waals surface area contributed by atoms with Gasteiger partial charge in [-0.05, 0) is 28.2 Å². The average Bonchev–Trinajstić information content (AvgIpc) is 2.45. The molecular formula is C16H26N2. The van der Waals surface area contributed by atoms with Crippen LogP contribution in [0.5, 0.6) is 0 Å². The molecule has 0 atom stereocenters. The molecule has 2 heteroatoms. The lowest BCUT2D eigenvalue weighted by Crippen LogP contribution is -1.89. The number of hydrogen-bond acceptors (Lipinski definition) is 2. The zero-order chi connectivity index (χ0) is 13.9. The summed E-state index contributed by atoms with van der Waals surface area (Å²) in [4.78, 5) is 0. The van der Waals surface area contributed by atoms with Gasteiger partial charge in [0.2, 0.25) is 0 Å². The second-order valence-corrected chi connectivity index (χ2v) is 3.31. The molecule has 0 unspecified atom stereocenters. The summed E-state index contributed by atoms with van der Waals surface area (Å²) >= 11 is 0. The summed E-state index contributed by atoms with van der Waals surface area (Å²) in [5.74, 6) is 0. The first kappa shape index (κ1) is 18.7. The van der Waals surface area contributed by atoms with Crippen molar-refractivity contribution in [1.29, 1.82) is 0 Å². The smallest absolute Gasteiger partial charge is 0.0167 e. The Bertz CT molecular complexity index is 208. The van der Waals surface area contributed by atoms with Crippen molar-refractivity contribution in [1.82, 2.24) is 10.6 Å². The van der Waals surface area contributed by atoms with E-state index in [1.807, 2.05) is 101 Å². The lowest BCUT2D eigenvalue weighted by Gasteiger charge is -1.69. The van der Waals surface area contributed by atoms with Gasteiger partial charge in [-0.15, -0.1) is 0 Å². The van der Waals surface area contributed by atoms with E-state index < -0.39 is 0 Å². The van der Waals surface area contributed by atoms with E-state index in [1.54, 1.807) is 0 Å². The van der Waals surface area contributed by atoms with Crippen LogP contribution in [0, 0.1) is 0 Å². The van der Waals surface area contributed by atoms with Crippen LogP contribution in [0.1, 0.15) is 0 Å². The van der Waals surface area contributed by atoms with Gasteiger partial charge in [0.25, 0.3) is 0 Å². The molecule has 0 heterocycles. The molecule has 0 aromatic heterocycles. The van der Waals surface area contributed by atoms with Gasteiger partial charge < -0.3 is 10.6 Å². The Morgan fingerprint density at radius 2 is 0.389 bits per heavy atom. The molecule has 2 N–H and O–H groups in total. The molecule has 100 valence electrons. The summed E-state index contributed by atoms with van der Waals surface area (Å²) in [5.41, 5.74) is 0. The van der Waals surface area contributed by atoms with Crippen LogP contribution in [0.3, 0.4) is 0 Å². The van der Waals surface area contributed by atoms with Crippen molar-refractivity contribution in [3.8, 4) is 0 Å². The maximum Gasteiger partial charge on any atom is -0.0167 e. The fourth-order valence-electron chi connectivity index (χ4n) is 0.770. The fourth-order valence-corrected chi connectivity index (χ4v) is 0.770. The van der Waals surface area contributed by atoms with Crippen molar-refractivity contribution in [3.05, 3.63) is 72.8 Å². The summed E-state index contributed by atoms with van der Waals surface area (Å²) in [7, 11) is 7.50. The van der Waals surface area contributed by atoms with Crippen molar-refractivity contribution < 1.29 is 0 Å². The van der Waals surface area contributed by atoms with E-state index >= 15 is 0 Å². The first-order chi connectivity index (χ1) is 8.83. The summed E-state index contributed by atoms with van der Waals surface area (Å²) in [6, 6.07) is 24.0. The molecule has 0 radical (unpaired) electrons. The SMILES string of the molecule is CNC.CNC.c1ccccc1.c1ccccc1. The van der Waals surface area contributed by atoms with Gasteiger partial charge in [-0.1, -0.05) is 72.8 Å². The van der Waals surface area contributed by atoms with Gasteiger partial charge in [-0.2, -0.15) is 0 Å². The third kappa shape index (κ3) is 23.9. The average molecular weight is 246 g/mol. The molecule has 18 heavy (non-hydrogen) atoms. The van der Waals surface area contributed by atoms with Gasteiger partial charge in [0.15, 0.2) is 0 Å². The van der Waals surface area contributed by atoms with Gasteiger partial charge >= 0.3 is 0 Å². The van der Waals surface area contributed by atoms with Crippen molar-refractivity contribution in [2.75, 3.05) is 28.2 Å². The highest BCUT2D eigenvalue weighted by atomic mass is 14.7. The molecule has 0 aliphatic rings. The van der Waals surface area contributed by atoms with Crippen molar-refractivity contribution >= 4 is 0 Å². The van der Waals surface area contributed by atoms with E-state index in [-0.39, 0.29) is 0 Å². The normalized spacial score (nSPS) is 7.33. The Morgan fingerprint density at radius 1 is 0.333 bits per heavy atom. The fraction of sp³-hybridized carbons (Fsp3) is 0.250. The third-order valence-corrected chi connectivity index (χ3v) is 1.33. The molecule has 2 aromatic rings. The van der Waals surface area contributed by atoms with E-state index in [0.717, 1.165) is 0 Å². The van der Waals surface area contributed by atoms with Gasteiger partial charge in [-0.3, -0.25) is 0 Å². The topological polar surface area (TPSA) is 24.1 Å². The summed E-state index contributed by atoms with van der Waals surface area (Å²) in [6.07, 6.45) is 0. The second kappa shape index (κ2) is 20.7. The Labute approximate surface area is 112 Å². The van der Waals surface area contributed by atoms with Crippen LogP contribution in [0.4, 0.5) is 0 Å². The summed E-state index contributed by atoms with van der Waals surface area (Å²) in [5, 5.41) is 5.50. The van der Waals surface area contributed by atoms with Crippen LogP contribution in [0.25, 0.3) is 0 Å². The van der Waals surface area contributed by atoms with Gasteiger partial charge in [0.05, 0.1) is 0 Å². The zero-order valence-electron chi connectivity index (χ0n) is 11.9. The van der Waals surface area contributed by atoms with E-state index in [1.165, 1.54) is 0 Å². The van der Waals surface area contributed by atoms with Crippen LogP contribution in [0.15, 0.2) is 72.8 Å². The van der Waals surface area contributed by atoms with Crippen LogP contribution < -0.4 is 10.6 Å². The van der Waals surface area contributed by atoms with E-state index in [9.17, 15) is 0 Å². The molecule has 0 aliphatic heterocycles. The molecule has 2 nitrogen and oxygen atoms in total. The van der Waals surface area contributed by atoms with E-state index in [4.69, 9.17) is 0 Å². The largest absolute Gasteiger partial charge is 0.323 e. The van der Waals surface area contributed by atoms with Crippen molar-refractivity contribution in [3.63, 3.8) is 0 Å². The first-order valence-electron chi connectivity index (χ1n) is 6.00. The van der Waals surface area contributed by atoms with Crippen molar-refractivity contribution in [2.24, 2.45) is 0 Å². The Hall–Kier alpha value is -1.64. The molecule has 0 amide bonds. The highest BCUT2D eigenvalue weighted by Gasteiger charge is 1.58. The molecule has 0 aliphatic carbocycles. The molecular weight excluding hydrogens is 220 g/mol. The minimum atomic E-state index is 1.88. The van der Waals surface area contributed by atoms with Crippen LogP contribution in [0.2, 0.25) is 0 Å². The molecule has 0 fully saturated rings. The van der Waals surface area contributed by atoms with Gasteiger partial charge in [-0.25, -0.2) is 0 Å². The Morgan fingerprint density at radius 3 is 0.444 bits per heavy atom. The summed E-state index contributed by atoms with van der Waals surface area (Å²) in [6.45, 7) is 0. The lowest BCUT2D eigenvalue weighted by atomic mass is 10.4. The predicted molar refractivity (Wildman–Crippen MR) is 82.9 cm³/mol. The Kier molecular flexibility index (Phi) is 21.6. The van der Waals surface area contributed by atoms with Gasteiger partial charge in [0.1, 0.15) is 0 Å². The molecule has 2 aromatic carbocycles. The number of rotatable bonds is 0. The molecule has 0 spiro atoms. The van der Waals surface area contributed by atoms with Gasteiger partial charge in [0, 0.05) is 0 Å². The summed E-state index contributed by atoms with van der Waals surface area (Å²) < 4.78 is 0. The van der Waals surface area contributed by atoms with Crippen LogP contribution in [-0.2, 0) is 0 Å². The highest BCUT2D eigenvalue weighted by molar-refractivity contribution is 4.99. The third-order valence-electron chi connectivity index (χ3n) is 1.33. The van der Waals surface area contributed by atoms with E-state index in [2.05, 4.69) is 10.6 Å². The minimum absolute atomic E-state index is 1.88. The lowest BCUT2D eigenvalue weighted by molar-refractivity contribution is 1.02. The maximum absolute atomic E-state index is 2.75. The molecule has 0 bridgehead atoms. The molecule has 2 rings (SSSR count). The zero-order valence-corrected chi connectivity index (χ0v) is 11.9. The highest BCUT2D eigenvalue weighted by Crippen LogP contribution is 1.80. The Balaban J connectivity index is 0. The number of nitrogens with one attached hydrogen (secondary N) is 2. The number of benzene rings is 2. The van der Waals surface area contributed by atoms with Crippen molar-refractivity contribution in [2.45, 2.75) is 0 Å². The van der Waals surface area contributed by atoms with Crippen LogP contribution >= 0.6 is 0 Å². The maximum atomic E-state index is 2.75.